The van der Waals surface area contributed by atoms with Crippen molar-refractivity contribution in [3.05, 3.63) is 71.2 Å². The van der Waals surface area contributed by atoms with Crippen LogP contribution in [0.2, 0.25) is 5.02 Å². The Morgan fingerprint density at radius 2 is 1.73 bits per heavy atom. The molecule has 172 valence electrons. The third kappa shape index (κ3) is 4.88. The minimum atomic E-state index is -3.82. The number of amides is 1. The molecule has 9 heteroatoms. The Morgan fingerprint density at radius 1 is 1.03 bits per heavy atom. The highest BCUT2D eigenvalue weighted by molar-refractivity contribution is 7.89. The number of nitrogens with zero attached hydrogens (tertiary/aromatic N) is 1. The van der Waals surface area contributed by atoms with Gasteiger partial charge in [0.1, 0.15) is 4.90 Å². The normalized spacial score (nSPS) is 15.3. The highest BCUT2D eigenvalue weighted by Crippen LogP contribution is 2.28. The topological polar surface area (TPSA) is 92.8 Å². The van der Waals surface area contributed by atoms with E-state index >= 15 is 0 Å². The van der Waals surface area contributed by atoms with E-state index < -0.39 is 28.0 Å². The fourth-order valence-corrected chi connectivity index (χ4v) is 5.76. The summed E-state index contributed by atoms with van der Waals surface area (Å²) in [5.41, 5.74) is 0.605. The van der Waals surface area contributed by atoms with Gasteiger partial charge in [0.15, 0.2) is 6.10 Å². The second-order valence-corrected chi connectivity index (χ2v) is 10.1. The standard InChI is InChI=1S/C24H23ClN2O5S/c1-16(23(28)26-21-10-6-8-17-7-2-3-9-19(17)21)32-24(29)18-11-12-20(25)22(15-18)33(30,31)27-13-4-5-14-27/h2-3,6-12,15-16H,4-5,13-14H2,1H3,(H,26,28)/t16-/m1/s1. The molecule has 1 atom stereocenters. The van der Waals surface area contributed by atoms with Crippen LogP contribution in [-0.4, -0.2) is 43.8 Å². The van der Waals surface area contributed by atoms with Crippen LogP contribution in [0.1, 0.15) is 30.1 Å². The van der Waals surface area contributed by atoms with Gasteiger partial charge in [-0.25, -0.2) is 13.2 Å². The molecule has 0 spiro atoms. The molecule has 1 heterocycles. The third-order valence-corrected chi connectivity index (χ3v) is 7.93. The van der Waals surface area contributed by atoms with E-state index in [1.807, 2.05) is 36.4 Å². The van der Waals surface area contributed by atoms with Gasteiger partial charge in [-0.05, 0) is 49.4 Å². The summed E-state index contributed by atoms with van der Waals surface area (Å²) < 4.78 is 32.5. The second-order valence-electron chi connectivity index (χ2n) is 7.82. The summed E-state index contributed by atoms with van der Waals surface area (Å²) in [4.78, 5) is 25.2. The van der Waals surface area contributed by atoms with E-state index in [1.165, 1.54) is 29.4 Å². The summed E-state index contributed by atoms with van der Waals surface area (Å²) >= 11 is 6.14. The van der Waals surface area contributed by atoms with Crippen LogP contribution < -0.4 is 5.32 Å². The van der Waals surface area contributed by atoms with E-state index in [2.05, 4.69) is 5.32 Å². The zero-order valence-corrected chi connectivity index (χ0v) is 19.5. The van der Waals surface area contributed by atoms with Gasteiger partial charge in [0.05, 0.1) is 10.6 Å². The lowest BCUT2D eigenvalue weighted by Gasteiger charge is -2.18. The SMILES string of the molecule is C[C@@H](OC(=O)c1ccc(Cl)c(S(=O)(=O)N2CCCC2)c1)C(=O)Nc1cccc2ccccc12. The Bertz CT molecular complexity index is 1310. The van der Waals surface area contributed by atoms with E-state index in [1.54, 1.807) is 6.07 Å². The summed E-state index contributed by atoms with van der Waals surface area (Å²) in [5.74, 6) is -1.32. The van der Waals surface area contributed by atoms with Crippen LogP contribution in [0.4, 0.5) is 5.69 Å². The van der Waals surface area contributed by atoms with Crippen molar-refractivity contribution < 1.29 is 22.7 Å². The van der Waals surface area contributed by atoms with Gasteiger partial charge in [-0.3, -0.25) is 4.79 Å². The summed E-state index contributed by atoms with van der Waals surface area (Å²) in [6.07, 6.45) is 0.454. The van der Waals surface area contributed by atoms with Crippen molar-refractivity contribution in [2.24, 2.45) is 0 Å². The zero-order chi connectivity index (χ0) is 23.6. The van der Waals surface area contributed by atoms with Crippen LogP contribution in [0.25, 0.3) is 10.8 Å². The van der Waals surface area contributed by atoms with Crippen molar-refractivity contribution in [1.29, 1.82) is 0 Å². The lowest BCUT2D eigenvalue weighted by molar-refractivity contribution is -0.123. The number of benzene rings is 3. The molecule has 1 amide bonds. The molecule has 1 aliphatic rings. The molecule has 1 saturated heterocycles. The number of hydrogen-bond acceptors (Lipinski definition) is 5. The Balaban J connectivity index is 1.49. The molecular formula is C24H23ClN2O5S. The Labute approximate surface area is 197 Å². The molecule has 0 aliphatic carbocycles. The van der Waals surface area contributed by atoms with Gasteiger partial charge < -0.3 is 10.1 Å². The summed E-state index contributed by atoms with van der Waals surface area (Å²) in [5, 5.41) is 4.64. The highest BCUT2D eigenvalue weighted by atomic mass is 35.5. The summed E-state index contributed by atoms with van der Waals surface area (Å²) in [6.45, 7) is 2.29. The van der Waals surface area contributed by atoms with Gasteiger partial charge in [0, 0.05) is 24.2 Å². The zero-order valence-electron chi connectivity index (χ0n) is 18.0. The van der Waals surface area contributed by atoms with Crippen molar-refractivity contribution >= 4 is 50.0 Å². The van der Waals surface area contributed by atoms with Crippen LogP contribution >= 0.6 is 11.6 Å². The van der Waals surface area contributed by atoms with Gasteiger partial charge in [-0.15, -0.1) is 0 Å². The first kappa shape index (κ1) is 23.2. The number of anilines is 1. The van der Waals surface area contributed by atoms with Gasteiger partial charge in [-0.1, -0.05) is 48.0 Å². The predicted molar refractivity (Wildman–Crippen MR) is 127 cm³/mol. The van der Waals surface area contributed by atoms with Crippen LogP contribution in [0.3, 0.4) is 0 Å². The predicted octanol–water partition coefficient (Wildman–Crippen LogP) is 4.46. The van der Waals surface area contributed by atoms with Gasteiger partial charge >= 0.3 is 5.97 Å². The number of hydrogen-bond donors (Lipinski definition) is 1. The lowest BCUT2D eigenvalue weighted by atomic mass is 10.1. The number of halogens is 1. The molecular weight excluding hydrogens is 464 g/mol. The Hall–Kier alpha value is -2.94. The number of sulfonamides is 1. The molecule has 0 bridgehead atoms. The Morgan fingerprint density at radius 3 is 2.48 bits per heavy atom. The fourth-order valence-electron chi connectivity index (χ4n) is 3.75. The molecule has 0 saturated carbocycles. The molecule has 3 aromatic carbocycles. The smallest absolute Gasteiger partial charge is 0.338 e. The lowest BCUT2D eigenvalue weighted by Crippen LogP contribution is -2.30. The van der Waals surface area contributed by atoms with Crippen molar-refractivity contribution in [3.63, 3.8) is 0 Å². The molecule has 0 unspecified atom stereocenters. The maximum atomic E-state index is 12.9. The van der Waals surface area contributed by atoms with Crippen molar-refractivity contribution in [3.8, 4) is 0 Å². The number of rotatable bonds is 6. The number of esters is 1. The van der Waals surface area contributed by atoms with Crippen molar-refractivity contribution in [2.45, 2.75) is 30.8 Å². The monoisotopic (exact) mass is 486 g/mol. The summed E-state index contributed by atoms with van der Waals surface area (Å²) in [7, 11) is -3.82. The third-order valence-electron chi connectivity index (χ3n) is 5.55. The van der Waals surface area contributed by atoms with E-state index in [9.17, 15) is 18.0 Å². The van der Waals surface area contributed by atoms with Gasteiger partial charge in [-0.2, -0.15) is 4.31 Å². The van der Waals surface area contributed by atoms with Gasteiger partial charge in [0.25, 0.3) is 5.91 Å². The molecule has 33 heavy (non-hydrogen) atoms. The maximum Gasteiger partial charge on any atom is 0.338 e. The first-order valence-corrected chi connectivity index (χ1v) is 12.4. The maximum absolute atomic E-state index is 12.9. The van der Waals surface area contributed by atoms with Crippen LogP contribution in [0.5, 0.6) is 0 Å². The van der Waals surface area contributed by atoms with Crippen molar-refractivity contribution in [1.82, 2.24) is 4.31 Å². The van der Waals surface area contributed by atoms with E-state index in [0.29, 0.717) is 18.8 Å². The number of ether oxygens (including phenoxy) is 1. The number of fused-ring (bicyclic) bond motifs is 1. The van der Waals surface area contributed by atoms with E-state index in [-0.39, 0.29) is 15.5 Å². The van der Waals surface area contributed by atoms with Gasteiger partial charge in [0.2, 0.25) is 10.0 Å². The average molecular weight is 487 g/mol. The number of nitrogens with one attached hydrogen (secondary N) is 1. The molecule has 0 aromatic heterocycles. The quantitative estimate of drug-likeness (QED) is 0.519. The minimum absolute atomic E-state index is 0.00184. The average Bonchev–Trinajstić information content (AvgIpc) is 3.35. The Kier molecular flexibility index (Phi) is 6.69. The minimum Gasteiger partial charge on any atom is -0.449 e. The van der Waals surface area contributed by atoms with Crippen LogP contribution in [-0.2, 0) is 19.6 Å². The number of carbonyl (C=O) groups excluding carboxylic acids is 2. The highest BCUT2D eigenvalue weighted by Gasteiger charge is 2.30. The molecule has 3 aromatic rings. The number of carbonyl (C=O) groups is 2. The molecule has 1 N–H and O–H groups in total. The van der Waals surface area contributed by atoms with E-state index in [0.717, 1.165) is 23.6 Å². The molecule has 0 radical (unpaired) electrons. The summed E-state index contributed by atoms with van der Waals surface area (Å²) in [6, 6.07) is 17.0. The van der Waals surface area contributed by atoms with E-state index in [4.69, 9.17) is 16.3 Å². The fraction of sp³-hybridized carbons (Fsp3) is 0.250. The molecule has 4 rings (SSSR count). The van der Waals surface area contributed by atoms with Crippen LogP contribution in [0.15, 0.2) is 65.6 Å². The molecule has 7 nitrogen and oxygen atoms in total. The second kappa shape index (κ2) is 9.51. The molecule has 1 aliphatic heterocycles. The van der Waals surface area contributed by atoms with Crippen LogP contribution in [0, 0.1) is 0 Å². The van der Waals surface area contributed by atoms with Crippen molar-refractivity contribution in [2.75, 3.05) is 18.4 Å². The first-order chi connectivity index (χ1) is 15.8. The largest absolute Gasteiger partial charge is 0.449 e. The molecule has 1 fully saturated rings. The first-order valence-electron chi connectivity index (χ1n) is 10.6.